The van der Waals surface area contributed by atoms with Crippen LogP contribution in [-0.4, -0.2) is 68.4 Å². The minimum atomic E-state index is -4.50. The van der Waals surface area contributed by atoms with Crippen LogP contribution >= 0.6 is 11.6 Å². The molecule has 0 bridgehead atoms. The second kappa shape index (κ2) is 10.5. The summed E-state index contributed by atoms with van der Waals surface area (Å²) in [5.74, 6) is 0.222. The molecule has 1 aromatic heterocycles. The van der Waals surface area contributed by atoms with Gasteiger partial charge in [-0.1, -0.05) is 11.6 Å². The second-order valence-corrected chi connectivity index (χ2v) is 6.27. The molecule has 1 aliphatic rings. The number of ether oxygens (including phenoxy) is 2. The molecule has 1 saturated heterocycles. The number of halogens is 4. The average Bonchev–Trinajstić information content (AvgIpc) is 2.63. The smallest absolute Gasteiger partial charge is 0.417 e. The van der Waals surface area contributed by atoms with Crippen molar-refractivity contribution in [1.82, 2.24) is 15.2 Å². The molecular weight excluding hydrogens is 387 g/mol. The van der Waals surface area contributed by atoms with Crippen LogP contribution in [0.4, 0.5) is 13.2 Å². The Hall–Kier alpha value is -1.78. The van der Waals surface area contributed by atoms with Gasteiger partial charge in [-0.25, -0.2) is 4.98 Å². The molecule has 3 N–H and O–H groups in total. The number of hydrogen-bond acceptors (Lipinski definition) is 5. The number of rotatable bonds is 8. The van der Waals surface area contributed by atoms with Gasteiger partial charge in [0.1, 0.15) is 11.6 Å². The lowest BCUT2D eigenvalue weighted by Crippen LogP contribution is -2.37. The summed E-state index contributed by atoms with van der Waals surface area (Å²) >= 11 is 5.76. The van der Waals surface area contributed by atoms with Crippen molar-refractivity contribution in [1.29, 1.82) is 0 Å². The van der Waals surface area contributed by atoms with Crippen LogP contribution in [0, 0.1) is 0 Å². The second-order valence-electron chi connectivity index (χ2n) is 5.86. The first-order valence-corrected chi connectivity index (χ1v) is 8.93. The number of aliphatic imine (C=N–C) groups is 1. The third kappa shape index (κ3) is 7.77. The van der Waals surface area contributed by atoms with Gasteiger partial charge >= 0.3 is 6.18 Å². The molecule has 7 nitrogen and oxygen atoms in total. The first-order chi connectivity index (χ1) is 12.9. The highest BCUT2D eigenvalue weighted by atomic mass is 35.5. The maximum Gasteiger partial charge on any atom is 0.417 e. The van der Waals surface area contributed by atoms with Crippen molar-refractivity contribution in [3.8, 4) is 5.88 Å². The van der Waals surface area contributed by atoms with E-state index in [2.05, 4.69) is 20.2 Å². The third-order valence-corrected chi connectivity index (χ3v) is 4.07. The monoisotopic (exact) mass is 409 g/mol. The highest BCUT2D eigenvalue weighted by Crippen LogP contribution is 2.32. The van der Waals surface area contributed by atoms with Crippen LogP contribution < -0.4 is 15.8 Å². The molecule has 27 heavy (non-hydrogen) atoms. The summed E-state index contributed by atoms with van der Waals surface area (Å²) in [6.07, 6.45) is -2.92. The topological polar surface area (TPSA) is 85.0 Å². The van der Waals surface area contributed by atoms with E-state index in [9.17, 15) is 13.2 Å². The molecule has 0 spiro atoms. The molecule has 0 aromatic carbocycles. The molecular formula is C16H23ClF3N5O2. The van der Waals surface area contributed by atoms with Gasteiger partial charge in [-0.3, -0.25) is 9.89 Å². The van der Waals surface area contributed by atoms with Gasteiger partial charge in [0.2, 0.25) is 5.88 Å². The van der Waals surface area contributed by atoms with Gasteiger partial charge in [-0.2, -0.15) is 13.2 Å². The Balaban J connectivity index is 1.62. The Bertz CT molecular complexity index is 625. The summed E-state index contributed by atoms with van der Waals surface area (Å²) in [6, 6.07) is 0.779. The van der Waals surface area contributed by atoms with Crippen molar-refractivity contribution in [3.63, 3.8) is 0 Å². The molecule has 1 aliphatic heterocycles. The fourth-order valence-corrected chi connectivity index (χ4v) is 2.61. The molecule has 2 heterocycles. The van der Waals surface area contributed by atoms with Gasteiger partial charge in [-0.05, 0) is 12.5 Å². The average molecular weight is 410 g/mol. The van der Waals surface area contributed by atoms with Crippen LogP contribution in [0.5, 0.6) is 5.88 Å². The molecule has 2 rings (SSSR count). The highest BCUT2D eigenvalue weighted by molar-refractivity contribution is 6.31. The normalized spacial score (nSPS) is 16.4. The van der Waals surface area contributed by atoms with E-state index in [4.69, 9.17) is 26.8 Å². The third-order valence-electron chi connectivity index (χ3n) is 3.80. The molecule has 0 amide bonds. The molecule has 0 unspecified atom stereocenters. The van der Waals surface area contributed by atoms with Gasteiger partial charge < -0.3 is 20.5 Å². The number of alkyl halides is 3. The van der Waals surface area contributed by atoms with E-state index >= 15 is 0 Å². The summed E-state index contributed by atoms with van der Waals surface area (Å²) < 4.78 is 48.2. The fourth-order valence-electron chi connectivity index (χ4n) is 2.39. The Kier molecular flexibility index (Phi) is 8.39. The molecule has 0 saturated carbocycles. The molecule has 1 fully saturated rings. The van der Waals surface area contributed by atoms with E-state index in [1.807, 2.05) is 0 Å². The van der Waals surface area contributed by atoms with Crippen LogP contribution in [-0.2, 0) is 10.9 Å². The predicted octanol–water partition coefficient (Wildman–Crippen LogP) is 1.76. The zero-order chi connectivity index (χ0) is 19.7. The van der Waals surface area contributed by atoms with Crippen molar-refractivity contribution < 1.29 is 22.6 Å². The van der Waals surface area contributed by atoms with E-state index in [-0.39, 0.29) is 23.5 Å². The van der Waals surface area contributed by atoms with E-state index in [0.29, 0.717) is 19.3 Å². The van der Waals surface area contributed by atoms with Crippen LogP contribution in [0.25, 0.3) is 0 Å². The van der Waals surface area contributed by atoms with E-state index in [1.54, 1.807) is 0 Å². The number of nitrogens with two attached hydrogens (primary N) is 1. The lowest BCUT2D eigenvalue weighted by Gasteiger charge is -2.26. The minimum Gasteiger partial charge on any atom is -0.475 e. The Morgan fingerprint density at radius 1 is 1.41 bits per heavy atom. The number of pyridine rings is 1. The van der Waals surface area contributed by atoms with Crippen LogP contribution in [0.1, 0.15) is 12.0 Å². The molecule has 0 aliphatic carbocycles. The van der Waals surface area contributed by atoms with Crippen molar-refractivity contribution in [3.05, 3.63) is 22.8 Å². The molecule has 152 valence electrons. The van der Waals surface area contributed by atoms with Crippen molar-refractivity contribution in [2.24, 2.45) is 10.7 Å². The number of guanidine groups is 1. The van der Waals surface area contributed by atoms with Crippen molar-refractivity contribution >= 4 is 17.6 Å². The van der Waals surface area contributed by atoms with Crippen molar-refractivity contribution in [2.45, 2.75) is 12.6 Å². The zero-order valence-corrected chi connectivity index (χ0v) is 15.5. The number of morpholine rings is 1. The number of nitrogens with zero attached hydrogens (tertiary/aromatic N) is 3. The van der Waals surface area contributed by atoms with E-state index in [0.717, 1.165) is 45.3 Å². The first kappa shape index (κ1) is 21.5. The minimum absolute atomic E-state index is 0.0625. The first-order valence-electron chi connectivity index (χ1n) is 8.55. The fraction of sp³-hybridized carbons (Fsp3) is 0.625. The molecule has 11 heteroatoms. The summed E-state index contributed by atoms with van der Waals surface area (Å²) in [7, 11) is 0. The van der Waals surface area contributed by atoms with Crippen molar-refractivity contribution in [2.75, 3.05) is 52.5 Å². The molecule has 0 radical (unpaired) electrons. The van der Waals surface area contributed by atoms with E-state index in [1.165, 1.54) is 0 Å². The molecule has 1 aromatic rings. The van der Waals surface area contributed by atoms with Crippen LogP contribution in [0.3, 0.4) is 0 Å². The summed E-state index contributed by atoms with van der Waals surface area (Å²) in [5, 5.41) is 2.67. The Morgan fingerprint density at radius 2 is 2.15 bits per heavy atom. The lowest BCUT2D eigenvalue weighted by molar-refractivity contribution is -0.137. The van der Waals surface area contributed by atoms with Gasteiger partial charge in [-0.15, -0.1) is 0 Å². The summed E-state index contributed by atoms with van der Waals surface area (Å²) in [5.41, 5.74) is 4.83. The zero-order valence-electron chi connectivity index (χ0n) is 14.8. The number of nitrogens with one attached hydrogen (secondary N) is 1. The standard InChI is InChI=1S/C16H23ClF3N5O2/c17-13-10-12(16(18,19)20)11-24-14(13)27-7-3-23-15(21)22-2-1-4-25-5-8-26-9-6-25/h10-11H,1-9H2,(H3,21,22,23). The summed E-state index contributed by atoms with van der Waals surface area (Å²) in [6.45, 7) is 5.41. The van der Waals surface area contributed by atoms with Crippen LogP contribution in [0.15, 0.2) is 17.3 Å². The van der Waals surface area contributed by atoms with Gasteiger partial charge in [0.25, 0.3) is 0 Å². The number of hydrogen-bond donors (Lipinski definition) is 2. The Labute approximate surface area is 160 Å². The van der Waals surface area contributed by atoms with Gasteiger partial charge in [0, 0.05) is 32.4 Å². The maximum absolute atomic E-state index is 12.5. The largest absolute Gasteiger partial charge is 0.475 e. The van der Waals surface area contributed by atoms with Gasteiger partial charge in [0.05, 0.1) is 25.3 Å². The Morgan fingerprint density at radius 3 is 2.81 bits per heavy atom. The predicted molar refractivity (Wildman–Crippen MR) is 96.1 cm³/mol. The van der Waals surface area contributed by atoms with E-state index < -0.39 is 11.7 Å². The van der Waals surface area contributed by atoms with Gasteiger partial charge in [0.15, 0.2) is 5.96 Å². The quantitative estimate of drug-likeness (QED) is 0.386. The maximum atomic E-state index is 12.5. The lowest BCUT2D eigenvalue weighted by atomic mass is 10.3. The van der Waals surface area contributed by atoms with Crippen LogP contribution in [0.2, 0.25) is 5.02 Å². The summed E-state index contributed by atoms with van der Waals surface area (Å²) in [4.78, 5) is 10.1. The number of aromatic nitrogens is 1. The highest BCUT2D eigenvalue weighted by Gasteiger charge is 2.31. The molecule has 0 atom stereocenters. The SMILES string of the molecule is NC(=NCCCN1CCOCC1)NCCOc1ncc(C(F)(F)F)cc1Cl.